The van der Waals surface area contributed by atoms with E-state index in [1.54, 1.807) is 18.1 Å². The molecule has 2 atom stereocenters. The lowest BCUT2D eigenvalue weighted by molar-refractivity contribution is -0.149. The van der Waals surface area contributed by atoms with Crippen molar-refractivity contribution in [3.8, 4) is 0 Å². The molecule has 0 aromatic heterocycles. The van der Waals surface area contributed by atoms with Crippen molar-refractivity contribution in [1.29, 1.82) is 0 Å². The SMILES string of the molecule is CCOC(=O)[C@H]1CON2c3ccccc3C(=O)[C@@]12c1ccccc1. The summed E-state index contributed by atoms with van der Waals surface area (Å²) in [5, 5.41) is 1.60. The normalized spacial score (nSPS) is 24.6. The highest BCUT2D eigenvalue weighted by molar-refractivity contribution is 6.16. The zero-order valence-electron chi connectivity index (χ0n) is 13.3. The Morgan fingerprint density at radius 2 is 1.92 bits per heavy atom. The first-order chi connectivity index (χ1) is 11.7. The van der Waals surface area contributed by atoms with Crippen molar-refractivity contribution in [2.45, 2.75) is 12.5 Å². The van der Waals surface area contributed by atoms with Crippen molar-refractivity contribution >= 4 is 17.4 Å². The highest BCUT2D eigenvalue weighted by Crippen LogP contribution is 2.53. The molecule has 0 saturated carbocycles. The average molecular weight is 323 g/mol. The maximum Gasteiger partial charge on any atom is 0.314 e. The third kappa shape index (κ3) is 1.79. The second kappa shape index (κ2) is 5.46. The molecule has 4 rings (SSSR count). The van der Waals surface area contributed by atoms with Gasteiger partial charge in [-0.25, -0.2) is 5.06 Å². The minimum Gasteiger partial charge on any atom is -0.466 e. The van der Waals surface area contributed by atoms with Gasteiger partial charge in [0.25, 0.3) is 0 Å². The number of nitrogens with zero attached hydrogens (tertiary/aromatic N) is 1. The molecule has 0 radical (unpaired) electrons. The van der Waals surface area contributed by atoms with Crippen molar-refractivity contribution in [3.63, 3.8) is 0 Å². The van der Waals surface area contributed by atoms with Gasteiger partial charge in [0.05, 0.1) is 18.9 Å². The molecule has 2 heterocycles. The lowest BCUT2D eigenvalue weighted by Crippen LogP contribution is -2.50. The fraction of sp³-hybridized carbons (Fsp3) is 0.263. The van der Waals surface area contributed by atoms with Gasteiger partial charge in [-0.05, 0) is 24.6 Å². The topological polar surface area (TPSA) is 55.8 Å². The van der Waals surface area contributed by atoms with Crippen LogP contribution < -0.4 is 5.06 Å². The van der Waals surface area contributed by atoms with E-state index in [9.17, 15) is 9.59 Å². The number of rotatable bonds is 3. The van der Waals surface area contributed by atoms with E-state index in [1.807, 2.05) is 48.5 Å². The second-order valence-electron chi connectivity index (χ2n) is 5.87. The molecule has 122 valence electrons. The van der Waals surface area contributed by atoms with Crippen LogP contribution >= 0.6 is 0 Å². The van der Waals surface area contributed by atoms with Crippen LogP contribution in [0.3, 0.4) is 0 Å². The number of hydroxylamine groups is 1. The molecule has 5 heteroatoms. The Labute approximate surface area is 139 Å². The molecular formula is C19H17NO4. The maximum atomic E-state index is 13.4. The molecule has 1 fully saturated rings. The number of hydrogen-bond acceptors (Lipinski definition) is 5. The summed E-state index contributed by atoms with van der Waals surface area (Å²) in [5.41, 5.74) is 0.798. The zero-order chi connectivity index (χ0) is 16.7. The summed E-state index contributed by atoms with van der Waals surface area (Å²) in [6, 6.07) is 16.6. The molecule has 0 unspecified atom stereocenters. The maximum absolute atomic E-state index is 13.4. The molecule has 2 aliphatic rings. The van der Waals surface area contributed by atoms with E-state index in [0.717, 1.165) is 5.56 Å². The summed E-state index contributed by atoms with van der Waals surface area (Å²) in [4.78, 5) is 31.8. The summed E-state index contributed by atoms with van der Waals surface area (Å²) >= 11 is 0. The first-order valence-corrected chi connectivity index (χ1v) is 8.00. The highest BCUT2D eigenvalue weighted by Gasteiger charge is 2.65. The summed E-state index contributed by atoms with van der Waals surface area (Å²) in [5.74, 6) is -1.25. The number of ketones is 1. The largest absolute Gasteiger partial charge is 0.466 e. The molecule has 24 heavy (non-hydrogen) atoms. The molecule has 5 nitrogen and oxygen atoms in total. The van der Waals surface area contributed by atoms with Crippen LogP contribution in [0.5, 0.6) is 0 Å². The van der Waals surface area contributed by atoms with Gasteiger partial charge < -0.3 is 4.74 Å². The number of Topliss-reactive ketones (excluding diaryl/α,β-unsaturated/α-hetero) is 1. The van der Waals surface area contributed by atoms with Crippen molar-refractivity contribution < 1.29 is 19.2 Å². The number of anilines is 1. The van der Waals surface area contributed by atoms with E-state index in [4.69, 9.17) is 9.57 Å². The number of para-hydroxylation sites is 1. The fourth-order valence-electron chi connectivity index (χ4n) is 3.69. The van der Waals surface area contributed by atoms with E-state index >= 15 is 0 Å². The van der Waals surface area contributed by atoms with Gasteiger partial charge in [-0.2, -0.15) is 0 Å². The lowest BCUT2D eigenvalue weighted by Gasteiger charge is -2.33. The smallest absolute Gasteiger partial charge is 0.314 e. The van der Waals surface area contributed by atoms with Gasteiger partial charge in [0, 0.05) is 5.56 Å². The van der Waals surface area contributed by atoms with Crippen LogP contribution in [0.25, 0.3) is 0 Å². The summed E-state index contributed by atoms with van der Waals surface area (Å²) < 4.78 is 5.23. The Bertz CT molecular complexity index is 804. The number of ether oxygens (including phenoxy) is 1. The summed E-state index contributed by atoms with van der Waals surface area (Å²) in [7, 11) is 0. The van der Waals surface area contributed by atoms with Crippen molar-refractivity contribution in [3.05, 3.63) is 65.7 Å². The van der Waals surface area contributed by atoms with Gasteiger partial charge in [0.2, 0.25) is 0 Å². The van der Waals surface area contributed by atoms with Crippen molar-refractivity contribution in [2.75, 3.05) is 18.3 Å². The van der Waals surface area contributed by atoms with Crippen LogP contribution in [-0.2, 0) is 19.9 Å². The Morgan fingerprint density at radius 3 is 2.67 bits per heavy atom. The monoisotopic (exact) mass is 323 g/mol. The van der Waals surface area contributed by atoms with Crippen LogP contribution in [0.4, 0.5) is 5.69 Å². The summed E-state index contributed by atoms with van der Waals surface area (Å²) in [6.45, 7) is 2.14. The standard InChI is InChI=1S/C19H17NO4/c1-2-23-18(22)15-12-24-20-16-11-7-6-10-14(16)17(21)19(15,20)13-8-4-3-5-9-13/h3-11,15H,2,12H2,1H3/t15-,19-/m1/s1. The molecule has 2 aliphatic heterocycles. The first-order valence-electron chi connectivity index (χ1n) is 8.00. The molecular weight excluding hydrogens is 306 g/mol. The van der Waals surface area contributed by atoms with E-state index in [0.29, 0.717) is 11.3 Å². The van der Waals surface area contributed by atoms with Crippen LogP contribution in [0.1, 0.15) is 22.8 Å². The second-order valence-corrected chi connectivity index (χ2v) is 5.87. The Balaban J connectivity index is 1.94. The molecule has 0 amide bonds. The summed E-state index contributed by atoms with van der Waals surface area (Å²) in [6.07, 6.45) is 0. The number of hydrogen-bond donors (Lipinski definition) is 0. The van der Waals surface area contributed by atoms with Gasteiger partial charge in [0.1, 0.15) is 5.92 Å². The Hall–Kier alpha value is -2.66. The molecule has 2 aromatic carbocycles. The van der Waals surface area contributed by atoms with Gasteiger partial charge in [-0.3, -0.25) is 14.4 Å². The lowest BCUT2D eigenvalue weighted by atomic mass is 9.76. The number of benzene rings is 2. The molecule has 2 aromatic rings. The van der Waals surface area contributed by atoms with Crippen LogP contribution in [0.2, 0.25) is 0 Å². The molecule has 1 saturated heterocycles. The third-order valence-corrected chi connectivity index (χ3v) is 4.69. The number of carbonyl (C=O) groups excluding carboxylic acids is 2. The van der Waals surface area contributed by atoms with Gasteiger partial charge in [-0.1, -0.05) is 42.5 Å². The van der Waals surface area contributed by atoms with Crippen LogP contribution in [-0.4, -0.2) is 25.0 Å². The predicted molar refractivity (Wildman–Crippen MR) is 87.4 cm³/mol. The van der Waals surface area contributed by atoms with Gasteiger partial charge in [0.15, 0.2) is 11.3 Å². The molecule has 0 aliphatic carbocycles. The molecule has 0 spiro atoms. The van der Waals surface area contributed by atoms with Gasteiger partial charge in [-0.15, -0.1) is 0 Å². The molecule has 0 N–H and O–H groups in total. The minimum absolute atomic E-state index is 0.119. The van der Waals surface area contributed by atoms with E-state index in [-0.39, 0.29) is 19.0 Å². The zero-order valence-corrected chi connectivity index (χ0v) is 13.3. The first kappa shape index (κ1) is 14.9. The van der Waals surface area contributed by atoms with Crippen molar-refractivity contribution in [2.24, 2.45) is 5.92 Å². The Kier molecular flexibility index (Phi) is 3.39. The fourth-order valence-corrected chi connectivity index (χ4v) is 3.69. The van der Waals surface area contributed by atoms with E-state index in [2.05, 4.69) is 0 Å². The number of fused-ring (bicyclic) bond motifs is 3. The molecule has 0 bridgehead atoms. The van der Waals surface area contributed by atoms with Crippen LogP contribution in [0.15, 0.2) is 54.6 Å². The van der Waals surface area contributed by atoms with E-state index < -0.39 is 17.4 Å². The Morgan fingerprint density at radius 1 is 1.21 bits per heavy atom. The number of esters is 1. The highest BCUT2D eigenvalue weighted by atomic mass is 16.7. The quantitative estimate of drug-likeness (QED) is 0.813. The van der Waals surface area contributed by atoms with Crippen molar-refractivity contribution in [1.82, 2.24) is 0 Å². The average Bonchev–Trinajstić information content (AvgIpc) is 3.13. The predicted octanol–water partition coefficient (Wildman–Crippen LogP) is 2.71. The number of carbonyl (C=O) groups is 2. The minimum atomic E-state index is -1.20. The van der Waals surface area contributed by atoms with E-state index in [1.165, 1.54) is 0 Å². The van der Waals surface area contributed by atoms with Gasteiger partial charge >= 0.3 is 5.97 Å². The van der Waals surface area contributed by atoms with Crippen LogP contribution in [0, 0.1) is 5.92 Å². The third-order valence-electron chi connectivity index (χ3n) is 4.69.